The van der Waals surface area contributed by atoms with Crippen LogP contribution in [0.3, 0.4) is 0 Å². The fourth-order valence-corrected chi connectivity index (χ4v) is 1.54. The molecule has 0 aromatic heterocycles. The van der Waals surface area contributed by atoms with Gasteiger partial charge in [-0.1, -0.05) is 12.1 Å². The van der Waals surface area contributed by atoms with Crippen molar-refractivity contribution >= 4 is 11.9 Å². The van der Waals surface area contributed by atoms with Crippen molar-refractivity contribution in [1.82, 2.24) is 5.01 Å². The van der Waals surface area contributed by atoms with Crippen molar-refractivity contribution in [3.63, 3.8) is 0 Å². The van der Waals surface area contributed by atoms with Gasteiger partial charge in [-0.15, -0.1) is 0 Å². The fraction of sp³-hybridized carbons (Fsp3) is 0.364. The fourth-order valence-electron chi connectivity index (χ4n) is 1.54. The number of hydrazone groups is 1. The average molecular weight is 235 g/mol. The van der Waals surface area contributed by atoms with Gasteiger partial charge >= 0.3 is 0 Å². The van der Waals surface area contributed by atoms with Gasteiger partial charge in [0.2, 0.25) is 0 Å². The number of morpholine rings is 1. The summed E-state index contributed by atoms with van der Waals surface area (Å²) >= 11 is 0. The zero-order valence-corrected chi connectivity index (χ0v) is 9.28. The molecular formula is C11H13N3O3. The summed E-state index contributed by atoms with van der Waals surface area (Å²) in [5.74, 6) is 0. The number of benzene rings is 1. The Hall–Kier alpha value is -1.95. The molecule has 90 valence electrons. The summed E-state index contributed by atoms with van der Waals surface area (Å²) in [6.07, 6.45) is 1.64. The van der Waals surface area contributed by atoms with E-state index >= 15 is 0 Å². The summed E-state index contributed by atoms with van der Waals surface area (Å²) in [6.45, 7) is 2.86. The van der Waals surface area contributed by atoms with Crippen LogP contribution in [0.1, 0.15) is 5.56 Å². The second-order valence-corrected chi connectivity index (χ2v) is 3.66. The van der Waals surface area contributed by atoms with Crippen molar-refractivity contribution in [2.24, 2.45) is 5.10 Å². The van der Waals surface area contributed by atoms with Crippen LogP contribution < -0.4 is 0 Å². The first kappa shape index (κ1) is 11.5. The minimum Gasteiger partial charge on any atom is -0.378 e. The molecule has 17 heavy (non-hydrogen) atoms. The van der Waals surface area contributed by atoms with Crippen molar-refractivity contribution in [3.8, 4) is 0 Å². The highest BCUT2D eigenvalue weighted by molar-refractivity contribution is 5.80. The Morgan fingerprint density at radius 2 is 2.18 bits per heavy atom. The van der Waals surface area contributed by atoms with E-state index in [9.17, 15) is 10.1 Å². The van der Waals surface area contributed by atoms with E-state index in [-0.39, 0.29) is 5.69 Å². The Balaban J connectivity index is 2.04. The molecule has 0 aliphatic carbocycles. The Kier molecular flexibility index (Phi) is 3.66. The van der Waals surface area contributed by atoms with E-state index in [1.807, 2.05) is 5.01 Å². The van der Waals surface area contributed by atoms with Gasteiger partial charge < -0.3 is 4.74 Å². The summed E-state index contributed by atoms with van der Waals surface area (Å²) < 4.78 is 5.20. The molecule has 0 N–H and O–H groups in total. The monoisotopic (exact) mass is 235 g/mol. The molecule has 1 aliphatic heterocycles. The summed E-state index contributed by atoms with van der Waals surface area (Å²) in [7, 11) is 0. The first-order chi connectivity index (χ1) is 8.25. The third-order valence-electron chi connectivity index (χ3n) is 2.44. The van der Waals surface area contributed by atoms with Crippen LogP contribution in [0.5, 0.6) is 0 Å². The van der Waals surface area contributed by atoms with Gasteiger partial charge in [0, 0.05) is 17.7 Å². The molecule has 6 nitrogen and oxygen atoms in total. The molecule has 0 atom stereocenters. The van der Waals surface area contributed by atoms with Crippen LogP contribution >= 0.6 is 0 Å². The number of hydrogen-bond donors (Lipinski definition) is 0. The number of nitro groups is 1. The number of non-ortho nitro benzene ring substituents is 1. The molecule has 0 bridgehead atoms. The molecule has 1 fully saturated rings. The van der Waals surface area contributed by atoms with Gasteiger partial charge in [0.25, 0.3) is 5.69 Å². The van der Waals surface area contributed by atoms with Gasteiger partial charge in [0.15, 0.2) is 0 Å². The van der Waals surface area contributed by atoms with E-state index in [2.05, 4.69) is 5.10 Å². The maximum absolute atomic E-state index is 10.6. The summed E-state index contributed by atoms with van der Waals surface area (Å²) in [5, 5.41) is 16.7. The van der Waals surface area contributed by atoms with Gasteiger partial charge in [-0.25, -0.2) is 0 Å². The lowest BCUT2D eigenvalue weighted by molar-refractivity contribution is -0.384. The molecule has 6 heteroatoms. The molecule has 0 spiro atoms. The summed E-state index contributed by atoms with van der Waals surface area (Å²) in [6, 6.07) is 6.41. The second kappa shape index (κ2) is 5.40. The third-order valence-corrected chi connectivity index (χ3v) is 2.44. The lowest BCUT2D eigenvalue weighted by Crippen LogP contribution is -2.32. The molecule has 1 aromatic carbocycles. The largest absolute Gasteiger partial charge is 0.378 e. The van der Waals surface area contributed by atoms with Crippen molar-refractivity contribution in [3.05, 3.63) is 39.9 Å². The predicted molar refractivity (Wildman–Crippen MR) is 63.1 cm³/mol. The van der Waals surface area contributed by atoms with Crippen molar-refractivity contribution in [2.75, 3.05) is 26.3 Å². The highest BCUT2D eigenvalue weighted by Gasteiger charge is 2.07. The van der Waals surface area contributed by atoms with E-state index in [4.69, 9.17) is 4.74 Å². The first-order valence-corrected chi connectivity index (χ1v) is 5.37. The van der Waals surface area contributed by atoms with Gasteiger partial charge in [0.1, 0.15) is 0 Å². The quantitative estimate of drug-likeness (QED) is 0.449. The van der Waals surface area contributed by atoms with Crippen LogP contribution in [-0.2, 0) is 4.74 Å². The second-order valence-electron chi connectivity index (χ2n) is 3.66. The maximum atomic E-state index is 10.6. The van der Waals surface area contributed by atoms with Crippen LogP contribution in [-0.4, -0.2) is 42.5 Å². The van der Waals surface area contributed by atoms with E-state index in [1.54, 1.807) is 18.3 Å². The molecule has 0 radical (unpaired) electrons. The number of hydrogen-bond acceptors (Lipinski definition) is 5. The van der Waals surface area contributed by atoms with Crippen LogP contribution in [0.2, 0.25) is 0 Å². The molecular weight excluding hydrogens is 222 g/mol. The normalized spacial score (nSPS) is 16.4. The van der Waals surface area contributed by atoms with Gasteiger partial charge in [0.05, 0.1) is 37.4 Å². The molecule has 2 rings (SSSR count). The minimum atomic E-state index is -0.411. The topological polar surface area (TPSA) is 68.0 Å². The molecule has 0 saturated carbocycles. The highest BCUT2D eigenvalue weighted by Crippen LogP contribution is 2.11. The summed E-state index contributed by atoms with van der Waals surface area (Å²) in [4.78, 5) is 10.2. The Morgan fingerprint density at radius 3 is 2.88 bits per heavy atom. The zero-order chi connectivity index (χ0) is 12.1. The lowest BCUT2D eigenvalue weighted by atomic mass is 10.2. The Bertz CT molecular complexity index is 428. The average Bonchev–Trinajstić information content (AvgIpc) is 2.38. The van der Waals surface area contributed by atoms with Crippen molar-refractivity contribution in [1.29, 1.82) is 0 Å². The SMILES string of the molecule is O=[N+]([O-])c1cccc(/C=N\N2CCOCC2)c1. The highest BCUT2D eigenvalue weighted by atomic mass is 16.6. The van der Waals surface area contributed by atoms with E-state index in [0.29, 0.717) is 13.2 Å². The van der Waals surface area contributed by atoms with Gasteiger partial charge in [-0.05, 0) is 0 Å². The predicted octanol–water partition coefficient (Wildman–Crippen LogP) is 1.26. The molecule has 1 aliphatic rings. The third kappa shape index (κ3) is 3.25. The zero-order valence-electron chi connectivity index (χ0n) is 9.28. The smallest absolute Gasteiger partial charge is 0.270 e. The van der Waals surface area contributed by atoms with Crippen LogP contribution in [0.25, 0.3) is 0 Å². The van der Waals surface area contributed by atoms with E-state index in [0.717, 1.165) is 18.7 Å². The van der Waals surface area contributed by atoms with Gasteiger partial charge in [-0.2, -0.15) is 5.10 Å². The Labute approximate surface area is 98.6 Å². The number of rotatable bonds is 3. The number of nitro benzene ring substituents is 1. The standard InChI is InChI=1S/C11H13N3O3/c15-14(16)11-3-1-2-10(8-11)9-12-13-4-6-17-7-5-13/h1-3,8-9H,4-7H2/b12-9-. The van der Waals surface area contributed by atoms with Crippen LogP contribution in [0.15, 0.2) is 29.4 Å². The van der Waals surface area contributed by atoms with Crippen LogP contribution in [0.4, 0.5) is 5.69 Å². The van der Waals surface area contributed by atoms with E-state index in [1.165, 1.54) is 12.1 Å². The maximum Gasteiger partial charge on any atom is 0.270 e. The van der Waals surface area contributed by atoms with Crippen LogP contribution in [0, 0.1) is 10.1 Å². The molecule has 1 heterocycles. The lowest BCUT2D eigenvalue weighted by Gasteiger charge is -2.23. The number of nitrogens with zero attached hydrogens (tertiary/aromatic N) is 3. The van der Waals surface area contributed by atoms with Gasteiger partial charge in [-0.3, -0.25) is 15.1 Å². The first-order valence-electron chi connectivity index (χ1n) is 5.37. The molecule has 1 aromatic rings. The summed E-state index contributed by atoms with van der Waals surface area (Å²) in [5.41, 5.74) is 0.807. The van der Waals surface area contributed by atoms with Crippen molar-refractivity contribution < 1.29 is 9.66 Å². The van der Waals surface area contributed by atoms with Crippen molar-refractivity contribution in [2.45, 2.75) is 0 Å². The van der Waals surface area contributed by atoms with E-state index < -0.39 is 4.92 Å². The Morgan fingerprint density at radius 1 is 1.41 bits per heavy atom. The molecule has 0 amide bonds. The minimum absolute atomic E-state index is 0.0796. The molecule has 0 unspecified atom stereocenters. The number of ether oxygens (including phenoxy) is 1. The molecule has 1 saturated heterocycles.